The van der Waals surface area contributed by atoms with Crippen LogP contribution in [0.2, 0.25) is 0 Å². The molecule has 0 bridgehead atoms. The first-order valence-electron chi connectivity index (χ1n) is 8.61. The molecule has 0 amide bonds. The van der Waals surface area contributed by atoms with E-state index in [2.05, 4.69) is 39.3 Å². The van der Waals surface area contributed by atoms with E-state index in [4.69, 9.17) is 13.7 Å². The van der Waals surface area contributed by atoms with Gasteiger partial charge in [0.1, 0.15) is 0 Å². The van der Waals surface area contributed by atoms with Crippen LogP contribution in [0, 0.1) is 0 Å². The van der Waals surface area contributed by atoms with Crippen LogP contribution in [0.3, 0.4) is 0 Å². The van der Waals surface area contributed by atoms with E-state index >= 15 is 0 Å². The molecular weight excluding hydrogens is 318 g/mol. The summed E-state index contributed by atoms with van der Waals surface area (Å²) in [4.78, 5) is 6.75. The molecule has 0 spiro atoms. The lowest BCUT2D eigenvalue weighted by Crippen LogP contribution is -2.31. The van der Waals surface area contributed by atoms with E-state index in [0.717, 1.165) is 32.5 Å². The first-order chi connectivity index (χ1) is 12.4. The van der Waals surface area contributed by atoms with Crippen molar-refractivity contribution in [2.75, 3.05) is 13.2 Å². The summed E-state index contributed by atoms with van der Waals surface area (Å²) in [5.41, 5.74) is 1.26. The molecule has 3 aromatic rings. The molecule has 0 radical (unpaired) electrons. The van der Waals surface area contributed by atoms with Crippen LogP contribution in [0.5, 0.6) is 0 Å². The van der Waals surface area contributed by atoms with E-state index in [0.29, 0.717) is 24.0 Å². The average molecular weight is 339 g/mol. The van der Waals surface area contributed by atoms with Gasteiger partial charge < -0.3 is 13.7 Å². The highest BCUT2D eigenvalue weighted by molar-refractivity contribution is 5.44. The van der Waals surface area contributed by atoms with Crippen molar-refractivity contribution in [2.45, 2.75) is 32.0 Å². The third kappa shape index (κ3) is 4.15. The molecule has 3 heterocycles. The van der Waals surface area contributed by atoms with Crippen LogP contribution in [0.4, 0.5) is 0 Å². The van der Waals surface area contributed by atoms with Gasteiger partial charge >= 0.3 is 0 Å². The van der Waals surface area contributed by atoms with Crippen LogP contribution in [-0.2, 0) is 17.8 Å². The topological polar surface area (TPSA) is 64.5 Å². The maximum absolute atomic E-state index is 5.80. The highest BCUT2D eigenvalue weighted by Crippen LogP contribution is 2.19. The molecule has 25 heavy (non-hydrogen) atoms. The Labute approximate surface area is 146 Å². The van der Waals surface area contributed by atoms with Crippen LogP contribution in [0.25, 0.3) is 11.6 Å². The van der Waals surface area contributed by atoms with Gasteiger partial charge in [-0.05, 0) is 30.5 Å². The number of rotatable bonds is 7. The van der Waals surface area contributed by atoms with Crippen LogP contribution >= 0.6 is 0 Å². The molecule has 0 N–H and O–H groups in total. The van der Waals surface area contributed by atoms with Gasteiger partial charge in [0.2, 0.25) is 11.7 Å². The summed E-state index contributed by atoms with van der Waals surface area (Å²) >= 11 is 0. The molecule has 0 saturated carbocycles. The third-order valence-corrected chi connectivity index (χ3v) is 4.30. The Hall–Kier alpha value is -2.44. The molecule has 1 aliphatic heterocycles. The molecule has 1 atom stereocenters. The SMILES string of the molecule is c1ccc(CN(Cc2nc(-c3ccco3)no2)CC2CCCO2)cc1. The number of hydrogen-bond donors (Lipinski definition) is 0. The quantitative estimate of drug-likeness (QED) is 0.656. The van der Waals surface area contributed by atoms with Crippen LogP contribution < -0.4 is 0 Å². The van der Waals surface area contributed by atoms with Gasteiger partial charge in [-0.25, -0.2) is 0 Å². The third-order valence-electron chi connectivity index (χ3n) is 4.30. The van der Waals surface area contributed by atoms with Crippen molar-refractivity contribution in [1.29, 1.82) is 0 Å². The maximum Gasteiger partial charge on any atom is 0.241 e. The fourth-order valence-electron chi connectivity index (χ4n) is 3.12. The van der Waals surface area contributed by atoms with Gasteiger partial charge in [0.25, 0.3) is 0 Å². The number of furan rings is 1. The minimum Gasteiger partial charge on any atom is -0.461 e. The molecular formula is C19H21N3O3. The van der Waals surface area contributed by atoms with Crippen molar-refractivity contribution >= 4 is 0 Å². The van der Waals surface area contributed by atoms with Crippen molar-refractivity contribution in [3.8, 4) is 11.6 Å². The summed E-state index contributed by atoms with van der Waals surface area (Å²) in [5, 5.41) is 4.01. The van der Waals surface area contributed by atoms with Crippen molar-refractivity contribution in [1.82, 2.24) is 15.0 Å². The molecule has 2 aromatic heterocycles. The Balaban J connectivity index is 1.47. The zero-order chi connectivity index (χ0) is 16.9. The normalized spacial score (nSPS) is 17.4. The minimum absolute atomic E-state index is 0.274. The van der Waals surface area contributed by atoms with Crippen molar-refractivity contribution < 1.29 is 13.7 Å². The summed E-state index contributed by atoms with van der Waals surface area (Å²) in [6.07, 6.45) is 4.11. The van der Waals surface area contributed by atoms with Gasteiger partial charge in [-0.1, -0.05) is 35.5 Å². The lowest BCUT2D eigenvalue weighted by molar-refractivity contribution is 0.0640. The van der Waals surface area contributed by atoms with Crippen LogP contribution in [0.15, 0.2) is 57.7 Å². The zero-order valence-electron chi connectivity index (χ0n) is 14.0. The van der Waals surface area contributed by atoms with Crippen LogP contribution in [0.1, 0.15) is 24.3 Å². The lowest BCUT2D eigenvalue weighted by atomic mass is 10.2. The Morgan fingerprint density at radius 1 is 1.08 bits per heavy atom. The van der Waals surface area contributed by atoms with E-state index in [1.54, 1.807) is 6.26 Å². The van der Waals surface area contributed by atoms with Gasteiger partial charge in [-0.2, -0.15) is 4.98 Å². The van der Waals surface area contributed by atoms with Crippen LogP contribution in [-0.4, -0.2) is 34.3 Å². The van der Waals surface area contributed by atoms with Gasteiger partial charge in [-0.3, -0.25) is 4.90 Å². The van der Waals surface area contributed by atoms with E-state index in [1.165, 1.54) is 5.56 Å². The summed E-state index contributed by atoms with van der Waals surface area (Å²) in [7, 11) is 0. The molecule has 6 nitrogen and oxygen atoms in total. The second-order valence-corrected chi connectivity index (χ2v) is 6.28. The maximum atomic E-state index is 5.80. The largest absolute Gasteiger partial charge is 0.461 e. The van der Waals surface area contributed by atoms with E-state index in [9.17, 15) is 0 Å². The number of ether oxygens (including phenoxy) is 1. The van der Waals surface area contributed by atoms with E-state index in [-0.39, 0.29) is 6.10 Å². The summed E-state index contributed by atoms with van der Waals surface area (Å²) in [6.45, 7) is 3.11. The van der Waals surface area contributed by atoms with E-state index < -0.39 is 0 Å². The lowest BCUT2D eigenvalue weighted by Gasteiger charge is -2.23. The Bertz CT molecular complexity index is 764. The second kappa shape index (κ2) is 7.63. The summed E-state index contributed by atoms with van der Waals surface area (Å²) in [6, 6.07) is 14.0. The fourth-order valence-corrected chi connectivity index (χ4v) is 3.12. The molecule has 4 rings (SSSR count). The fraction of sp³-hybridized carbons (Fsp3) is 0.368. The minimum atomic E-state index is 0.274. The Kier molecular flexibility index (Phi) is 4.90. The average Bonchev–Trinajstić information content (AvgIpc) is 3.38. The number of hydrogen-bond acceptors (Lipinski definition) is 6. The van der Waals surface area contributed by atoms with Crippen molar-refractivity contribution in [3.05, 3.63) is 60.2 Å². The van der Waals surface area contributed by atoms with Gasteiger partial charge in [0.15, 0.2) is 5.76 Å². The number of benzene rings is 1. The van der Waals surface area contributed by atoms with Gasteiger partial charge in [-0.15, -0.1) is 0 Å². The molecule has 0 aliphatic carbocycles. The molecule has 1 unspecified atom stereocenters. The van der Waals surface area contributed by atoms with Crippen molar-refractivity contribution in [2.24, 2.45) is 0 Å². The molecule has 1 aliphatic rings. The Morgan fingerprint density at radius 3 is 2.76 bits per heavy atom. The van der Waals surface area contributed by atoms with Crippen molar-refractivity contribution in [3.63, 3.8) is 0 Å². The highest BCUT2D eigenvalue weighted by Gasteiger charge is 2.21. The molecule has 6 heteroatoms. The summed E-state index contributed by atoms with van der Waals surface area (Å²) in [5.74, 6) is 1.68. The first-order valence-corrected chi connectivity index (χ1v) is 8.61. The van der Waals surface area contributed by atoms with Gasteiger partial charge in [0, 0.05) is 19.7 Å². The smallest absolute Gasteiger partial charge is 0.241 e. The molecule has 1 saturated heterocycles. The zero-order valence-corrected chi connectivity index (χ0v) is 14.0. The molecule has 1 fully saturated rings. The second-order valence-electron chi connectivity index (χ2n) is 6.28. The number of nitrogens with zero attached hydrogens (tertiary/aromatic N) is 3. The standard InChI is InChI=1S/C19H21N3O3/c1-2-6-15(7-3-1)12-22(13-16-8-4-10-23-16)14-18-20-19(21-25-18)17-9-5-11-24-17/h1-3,5-7,9,11,16H,4,8,10,12-14H2. The Morgan fingerprint density at radius 2 is 2.00 bits per heavy atom. The predicted octanol–water partition coefficient (Wildman–Crippen LogP) is 3.51. The first kappa shape index (κ1) is 16.1. The van der Waals surface area contributed by atoms with E-state index in [1.807, 2.05) is 18.2 Å². The molecule has 130 valence electrons. The summed E-state index contributed by atoms with van der Waals surface area (Å²) < 4.78 is 16.5. The van der Waals surface area contributed by atoms with Gasteiger partial charge in [0.05, 0.1) is 18.9 Å². The predicted molar refractivity (Wildman–Crippen MR) is 91.5 cm³/mol. The molecule has 1 aromatic carbocycles. The highest BCUT2D eigenvalue weighted by atomic mass is 16.5. The number of aromatic nitrogens is 2. The monoisotopic (exact) mass is 339 g/mol.